The molecule has 2 fully saturated rings. The van der Waals surface area contributed by atoms with Gasteiger partial charge < -0.3 is 19.7 Å². The Balaban J connectivity index is 1.10. The number of ether oxygens (including phenoxy) is 1. The number of nitrogens with one attached hydrogen (secondary N) is 1. The molecule has 1 spiro atoms. The Bertz CT molecular complexity index is 1760. The van der Waals surface area contributed by atoms with Crippen LogP contribution in [0.5, 0.6) is 11.5 Å². The van der Waals surface area contributed by atoms with Crippen LogP contribution >= 0.6 is 0 Å². The Hall–Kier alpha value is -4.34. The molecule has 0 radical (unpaired) electrons. The van der Waals surface area contributed by atoms with Gasteiger partial charge in [-0.15, -0.1) is 0 Å². The number of imidazole rings is 1. The maximum absolute atomic E-state index is 14.6. The zero-order valence-corrected chi connectivity index (χ0v) is 24.2. The Morgan fingerprint density at radius 1 is 1.00 bits per heavy atom. The molecular weight excluding hydrogens is 543 g/mol. The number of H-pyrrole nitrogens is 1. The lowest BCUT2D eigenvalue weighted by Crippen LogP contribution is -2.31. The number of nitrogens with zero attached hydrogens (tertiary/aromatic N) is 5. The number of aromatic nitrogens is 4. The summed E-state index contributed by atoms with van der Waals surface area (Å²) in [5, 5.41) is 9.85. The van der Waals surface area contributed by atoms with Crippen LogP contribution in [0.2, 0.25) is 0 Å². The van der Waals surface area contributed by atoms with Crippen LogP contribution < -0.4 is 9.64 Å². The quantitative estimate of drug-likeness (QED) is 0.228. The summed E-state index contributed by atoms with van der Waals surface area (Å²) in [4.78, 5) is 21.3. The molecule has 4 heterocycles. The smallest absolute Gasteiger partial charge is 0.188 e. The molecule has 2 aliphatic rings. The van der Waals surface area contributed by atoms with Gasteiger partial charge in [-0.2, -0.15) is 0 Å². The van der Waals surface area contributed by atoms with E-state index in [9.17, 15) is 9.50 Å². The summed E-state index contributed by atoms with van der Waals surface area (Å²) in [7, 11) is 0. The number of anilines is 1. The van der Waals surface area contributed by atoms with E-state index < -0.39 is 0 Å². The van der Waals surface area contributed by atoms with Crippen LogP contribution in [0.3, 0.4) is 0 Å². The molecule has 2 saturated heterocycles. The third-order valence-corrected chi connectivity index (χ3v) is 9.02. The molecule has 0 bridgehead atoms. The lowest BCUT2D eigenvalue weighted by molar-refractivity contribution is 0.270. The van der Waals surface area contributed by atoms with Gasteiger partial charge in [0.1, 0.15) is 17.9 Å². The Kier molecular flexibility index (Phi) is 7.28. The van der Waals surface area contributed by atoms with Crippen molar-refractivity contribution in [1.29, 1.82) is 0 Å². The second-order valence-corrected chi connectivity index (χ2v) is 12.0. The average molecular weight is 579 g/mol. The van der Waals surface area contributed by atoms with Gasteiger partial charge in [0.05, 0.1) is 23.6 Å². The minimum absolute atomic E-state index is 0.00713. The number of aromatic amines is 1. The number of rotatable bonds is 8. The largest absolute Gasteiger partial charge is 0.451 e. The lowest BCUT2D eigenvalue weighted by atomic mass is 9.86. The average Bonchev–Trinajstić information content (AvgIpc) is 3.78. The van der Waals surface area contributed by atoms with Crippen LogP contribution in [-0.2, 0) is 6.54 Å². The van der Waals surface area contributed by atoms with Gasteiger partial charge >= 0.3 is 0 Å². The summed E-state index contributed by atoms with van der Waals surface area (Å²) < 4.78 is 21.1. The minimum atomic E-state index is -0.352. The molecule has 2 N–H and O–H groups in total. The van der Waals surface area contributed by atoms with Gasteiger partial charge in [-0.25, -0.2) is 19.3 Å². The van der Waals surface area contributed by atoms with Crippen LogP contribution in [0.25, 0.3) is 22.2 Å². The van der Waals surface area contributed by atoms with E-state index in [1.807, 2.05) is 31.2 Å². The van der Waals surface area contributed by atoms with Crippen molar-refractivity contribution in [1.82, 2.24) is 24.8 Å². The summed E-state index contributed by atoms with van der Waals surface area (Å²) in [5.74, 6) is 1.36. The molecule has 5 aromatic rings. The fourth-order valence-electron chi connectivity index (χ4n) is 6.76. The molecule has 2 aliphatic heterocycles. The minimum Gasteiger partial charge on any atom is -0.451 e. The first-order valence-electron chi connectivity index (χ1n) is 14.9. The van der Waals surface area contributed by atoms with Crippen LogP contribution in [0, 0.1) is 11.2 Å². The van der Waals surface area contributed by atoms with Crippen LogP contribution in [0.4, 0.5) is 10.2 Å². The molecule has 0 aliphatic carbocycles. The fraction of sp³-hybridized carbons (Fsp3) is 0.324. The standard InChI is InChI=1S/C34H35FN6O2/c1-23(18-42)26-4-2-3-5-27(26)28-15-25(35)7-9-31(28)43-32-16-36-21-39-33(32)41-13-11-34(20-41)10-12-40(19-34)17-24-6-8-29-30(14-24)38-22-37-29/h2-9,14-16,21-23,42H,10-13,17-20H2,1H3,(H,37,38). The van der Waals surface area contributed by atoms with E-state index in [-0.39, 0.29) is 23.8 Å². The summed E-state index contributed by atoms with van der Waals surface area (Å²) in [6, 6.07) is 18.8. The van der Waals surface area contributed by atoms with Gasteiger partial charge in [0.15, 0.2) is 11.6 Å². The number of hydrogen-bond acceptors (Lipinski definition) is 7. The maximum atomic E-state index is 14.6. The first kappa shape index (κ1) is 27.5. The normalized spacial score (nSPS) is 19.5. The van der Waals surface area contributed by atoms with Gasteiger partial charge in [0, 0.05) is 49.7 Å². The summed E-state index contributed by atoms with van der Waals surface area (Å²) in [5.41, 5.74) is 5.94. The first-order valence-corrected chi connectivity index (χ1v) is 14.9. The van der Waals surface area contributed by atoms with Crippen molar-refractivity contribution >= 4 is 16.9 Å². The van der Waals surface area contributed by atoms with Crippen molar-refractivity contribution in [2.75, 3.05) is 37.7 Å². The van der Waals surface area contributed by atoms with Gasteiger partial charge in [-0.3, -0.25) is 4.90 Å². The summed E-state index contributed by atoms with van der Waals surface area (Å²) in [6.45, 7) is 6.74. The van der Waals surface area contributed by atoms with Crippen molar-refractivity contribution < 1.29 is 14.2 Å². The second kappa shape index (κ2) is 11.4. The second-order valence-electron chi connectivity index (χ2n) is 12.0. The van der Waals surface area contributed by atoms with Gasteiger partial charge in [-0.1, -0.05) is 37.3 Å². The monoisotopic (exact) mass is 578 g/mol. The third-order valence-electron chi connectivity index (χ3n) is 9.02. The van der Waals surface area contributed by atoms with E-state index in [0.717, 1.165) is 73.5 Å². The predicted octanol–water partition coefficient (Wildman–Crippen LogP) is 6.15. The maximum Gasteiger partial charge on any atom is 0.188 e. The van der Waals surface area contributed by atoms with Crippen molar-refractivity contribution in [2.24, 2.45) is 5.41 Å². The predicted molar refractivity (Wildman–Crippen MR) is 165 cm³/mol. The highest BCUT2D eigenvalue weighted by Gasteiger charge is 2.44. The van der Waals surface area contributed by atoms with Crippen LogP contribution in [-0.4, -0.2) is 62.7 Å². The topological polar surface area (TPSA) is 90.4 Å². The molecule has 43 heavy (non-hydrogen) atoms. The lowest BCUT2D eigenvalue weighted by Gasteiger charge is -2.26. The highest BCUT2D eigenvalue weighted by molar-refractivity contribution is 5.76. The highest BCUT2D eigenvalue weighted by atomic mass is 19.1. The summed E-state index contributed by atoms with van der Waals surface area (Å²) >= 11 is 0. The van der Waals surface area contributed by atoms with Gasteiger partial charge in [0.2, 0.25) is 0 Å². The van der Waals surface area contributed by atoms with E-state index in [1.54, 1.807) is 24.9 Å². The third kappa shape index (κ3) is 5.46. The zero-order valence-electron chi connectivity index (χ0n) is 24.2. The van der Waals surface area contributed by atoms with E-state index in [0.29, 0.717) is 17.1 Å². The number of halogens is 1. The number of aliphatic hydroxyl groups is 1. The molecule has 2 aromatic heterocycles. The Morgan fingerprint density at radius 3 is 2.79 bits per heavy atom. The van der Waals surface area contributed by atoms with Crippen LogP contribution in [0.15, 0.2) is 79.5 Å². The van der Waals surface area contributed by atoms with E-state index in [4.69, 9.17) is 4.74 Å². The Labute approximate surface area is 250 Å². The van der Waals surface area contributed by atoms with Gasteiger partial charge in [0.25, 0.3) is 0 Å². The number of benzene rings is 3. The molecule has 220 valence electrons. The molecule has 3 aromatic carbocycles. The number of aliphatic hydroxyl groups excluding tert-OH is 1. The molecular formula is C34H35FN6O2. The molecule has 8 nitrogen and oxygen atoms in total. The van der Waals surface area contributed by atoms with E-state index >= 15 is 0 Å². The molecule has 2 atom stereocenters. The van der Waals surface area contributed by atoms with Crippen molar-refractivity contribution in [3.05, 3.63) is 96.5 Å². The summed E-state index contributed by atoms with van der Waals surface area (Å²) in [6.07, 6.45) is 7.21. The number of likely N-dealkylation sites (tertiary alicyclic amines) is 1. The van der Waals surface area contributed by atoms with Crippen molar-refractivity contribution in [3.63, 3.8) is 0 Å². The SMILES string of the molecule is CC(CO)c1ccccc1-c1cc(F)ccc1Oc1cncnc1N1CCC2(CCN(Cc3ccc4nc[nH]c4c3)C2)C1. The van der Waals surface area contributed by atoms with Crippen LogP contribution in [0.1, 0.15) is 36.8 Å². The highest BCUT2D eigenvalue weighted by Crippen LogP contribution is 2.44. The molecule has 0 saturated carbocycles. The molecule has 7 rings (SSSR count). The van der Waals surface area contributed by atoms with Crippen molar-refractivity contribution in [2.45, 2.75) is 32.2 Å². The fourth-order valence-corrected chi connectivity index (χ4v) is 6.76. The first-order chi connectivity index (χ1) is 21.0. The zero-order chi connectivity index (χ0) is 29.4. The molecule has 9 heteroatoms. The molecule has 2 unspecified atom stereocenters. The Morgan fingerprint density at radius 2 is 1.88 bits per heavy atom. The number of hydrogen-bond donors (Lipinski definition) is 2. The van der Waals surface area contributed by atoms with Crippen molar-refractivity contribution in [3.8, 4) is 22.6 Å². The van der Waals surface area contributed by atoms with E-state index in [2.05, 4.69) is 47.9 Å². The number of fused-ring (bicyclic) bond motifs is 1. The molecule has 0 amide bonds. The van der Waals surface area contributed by atoms with Gasteiger partial charge in [-0.05, 0) is 66.4 Å². The van der Waals surface area contributed by atoms with E-state index in [1.165, 1.54) is 17.7 Å².